The molecular weight excluding hydrogens is 194 g/mol. The van der Waals surface area contributed by atoms with Gasteiger partial charge in [0, 0.05) is 17.3 Å². The van der Waals surface area contributed by atoms with Crippen LogP contribution < -0.4 is 0 Å². The maximum Gasteiger partial charge on any atom is 0.0450 e. The van der Waals surface area contributed by atoms with Gasteiger partial charge < -0.3 is 4.98 Å². The van der Waals surface area contributed by atoms with Gasteiger partial charge in [0.25, 0.3) is 0 Å². The number of rotatable bonds is 1. The molecule has 2 rings (SSSR count). The van der Waals surface area contributed by atoms with E-state index >= 15 is 0 Å². The number of aromatic nitrogens is 1. The summed E-state index contributed by atoms with van der Waals surface area (Å²) in [6.07, 6.45) is 13.3. The molecule has 0 spiro atoms. The van der Waals surface area contributed by atoms with E-state index in [1.807, 2.05) is 6.20 Å². The summed E-state index contributed by atoms with van der Waals surface area (Å²) in [6, 6.07) is 2.11. The lowest BCUT2D eigenvalue weighted by molar-refractivity contribution is 0.536. The SMILES string of the molecule is CCC.CCC1(C)C=Cc2cc[nH]c2C=C1. The molecule has 1 N–H and O–H groups in total. The van der Waals surface area contributed by atoms with Crippen LogP contribution in [0.3, 0.4) is 0 Å². The van der Waals surface area contributed by atoms with Crippen molar-refractivity contribution in [3.8, 4) is 0 Å². The van der Waals surface area contributed by atoms with Gasteiger partial charge in [0.1, 0.15) is 0 Å². The fourth-order valence-electron chi connectivity index (χ4n) is 1.53. The lowest BCUT2D eigenvalue weighted by atomic mass is 9.87. The highest BCUT2D eigenvalue weighted by molar-refractivity contribution is 5.66. The second kappa shape index (κ2) is 5.74. The number of aromatic amines is 1. The summed E-state index contributed by atoms with van der Waals surface area (Å²) in [4.78, 5) is 3.22. The van der Waals surface area contributed by atoms with E-state index in [9.17, 15) is 0 Å². The van der Waals surface area contributed by atoms with E-state index in [2.05, 4.69) is 63.0 Å². The Balaban J connectivity index is 0.000000386. The van der Waals surface area contributed by atoms with E-state index < -0.39 is 0 Å². The molecule has 0 amide bonds. The van der Waals surface area contributed by atoms with E-state index in [4.69, 9.17) is 0 Å². The van der Waals surface area contributed by atoms with Gasteiger partial charge in [-0.25, -0.2) is 0 Å². The van der Waals surface area contributed by atoms with Crippen LogP contribution in [-0.2, 0) is 0 Å². The number of hydrogen-bond donors (Lipinski definition) is 1. The summed E-state index contributed by atoms with van der Waals surface area (Å²) in [5, 5.41) is 0. The molecule has 16 heavy (non-hydrogen) atoms. The number of fused-ring (bicyclic) bond motifs is 1. The van der Waals surface area contributed by atoms with Crippen molar-refractivity contribution >= 4 is 12.2 Å². The molecule has 1 heterocycles. The van der Waals surface area contributed by atoms with Crippen molar-refractivity contribution in [3.05, 3.63) is 35.7 Å². The van der Waals surface area contributed by atoms with Crippen molar-refractivity contribution in [1.29, 1.82) is 0 Å². The lowest BCUT2D eigenvalue weighted by Gasteiger charge is -2.17. The number of allylic oxidation sites excluding steroid dienone is 2. The van der Waals surface area contributed by atoms with E-state index in [1.54, 1.807) is 0 Å². The Hall–Kier alpha value is -1.24. The summed E-state index contributed by atoms with van der Waals surface area (Å²) in [5.74, 6) is 0. The Morgan fingerprint density at radius 2 is 1.75 bits per heavy atom. The zero-order valence-electron chi connectivity index (χ0n) is 10.9. The molecule has 0 saturated carbocycles. The van der Waals surface area contributed by atoms with Crippen LogP contribution in [0.2, 0.25) is 0 Å². The molecule has 0 radical (unpaired) electrons. The minimum absolute atomic E-state index is 0.222. The third-order valence-electron chi connectivity index (χ3n) is 2.85. The maximum absolute atomic E-state index is 3.22. The summed E-state index contributed by atoms with van der Waals surface area (Å²) >= 11 is 0. The third kappa shape index (κ3) is 3.13. The molecule has 1 unspecified atom stereocenters. The normalized spacial score (nSPS) is 22.0. The van der Waals surface area contributed by atoms with E-state index in [0.717, 1.165) is 6.42 Å². The first kappa shape index (κ1) is 12.8. The van der Waals surface area contributed by atoms with Crippen molar-refractivity contribution < 1.29 is 0 Å². The van der Waals surface area contributed by atoms with Crippen LogP contribution in [0.4, 0.5) is 0 Å². The minimum atomic E-state index is 0.222. The van der Waals surface area contributed by atoms with Gasteiger partial charge in [-0.05, 0) is 24.1 Å². The van der Waals surface area contributed by atoms with Gasteiger partial charge in [0.05, 0.1) is 0 Å². The largest absolute Gasteiger partial charge is 0.361 e. The molecule has 1 nitrogen and oxygen atoms in total. The van der Waals surface area contributed by atoms with Crippen LogP contribution in [-0.4, -0.2) is 4.98 Å². The van der Waals surface area contributed by atoms with E-state index in [1.165, 1.54) is 17.7 Å². The maximum atomic E-state index is 3.22. The smallest absolute Gasteiger partial charge is 0.0450 e. The third-order valence-corrected chi connectivity index (χ3v) is 2.85. The van der Waals surface area contributed by atoms with Gasteiger partial charge in [-0.2, -0.15) is 0 Å². The predicted molar refractivity (Wildman–Crippen MR) is 73.2 cm³/mol. The second-order valence-corrected chi connectivity index (χ2v) is 4.58. The number of nitrogens with one attached hydrogen (secondary N) is 1. The Bertz CT molecular complexity index is 340. The monoisotopic (exact) mass is 217 g/mol. The fourth-order valence-corrected chi connectivity index (χ4v) is 1.53. The zero-order valence-corrected chi connectivity index (χ0v) is 10.9. The fraction of sp³-hybridized carbons (Fsp3) is 0.467. The van der Waals surface area contributed by atoms with Crippen molar-refractivity contribution in [2.24, 2.45) is 5.41 Å². The predicted octanol–water partition coefficient (Wildman–Crippen LogP) is 4.89. The van der Waals surface area contributed by atoms with Crippen molar-refractivity contribution in [2.45, 2.75) is 40.5 Å². The zero-order chi connectivity index (χ0) is 12.0. The molecule has 0 aromatic carbocycles. The minimum Gasteiger partial charge on any atom is -0.361 e. The van der Waals surface area contributed by atoms with Gasteiger partial charge in [0.2, 0.25) is 0 Å². The van der Waals surface area contributed by atoms with Crippen molar-refractivity contribution in [1.82, 2.24) is 4.98 Å². The van der Waals surface area contributed by atoms with Gasteiger partial charge >= 0.3 is 0 Å². The Morgan fingerprint density at radius 3 is 2.38 bits per heavy atom. The summed E-state index contributed by atoms with van der Waals surface area (Å²) in [7, 11) is 0. The van der Waals surface area contributed by atoms with Crippen LogP contribution in [0, 0.1) is 5.41 Å². The van der Waals surface area contributed by atoms with E-state index in [0.29, 0.717) is 0 Å². The Kier molecular flexibility index (Phi) is 4.60. The molecule has 0 fully saturated rings. The molecule has 0 bridgehead atoms. The second-order valence-electron chi connectivity index (χ2n) is 4.58. The molecule has 1 aromatic heterocycles. The Labute approximate surface area is 99.3 Å². The van der Waals surface area contributed by atoms with Gasteiger partial charge in [0.15, 0.2) is 0 Å². The summed E-state index contributed by atoms with van der Waals surface area (Å²) in [6.45, 7) is 8.72. The van der Waals surface area contributed by atoms with Gasteiger partial charge in [-0.1, -0.05) is 52.3 Å². The number of hydrogen-bond acceptors (Lipinski definition) is 0. The Morgan fingerprint density at radius 1 is 1.12 bits per heavy atom. The van der Waals surface area contributed by atoms with Gasteiger partial charge in [-0.3, -0.25) is 0 Å². The van der Waals surface area contributed by atoms with Crippen LogP contribution in [0.1, 0.15) is 51.8 Å². The first-order valence-electron chi connectivity index (χ1n) is 6.21. The number of H-pyrrole nitrogens is 1. The first-order chi connectivity index (χ1) is 7.65. The van der Waals surface area contributed by atoms with Crippen LogP contribution in [0.15, 0.2) is 24.4 Å². The summed E-state index contributed by atoms with van der Waals surface area (Å²) in [5.41, 5.74) is 2.72. The van der Waals surface area contributed by atoms with Crippen molar-refractivity contribution in [2.75, 3.05) is 0 Å². The molecule has 1 atom stereocenters. The van der Waals surface area contributed by atoms with Crippen LogP contribution in [0.25, 0.3) is 12.2 Å². The standard InChI is InChI=1S/C12H15N.C3H8/c1-3-12(2)7-4-10-6-9-13-11(10)5-8-12;1-3-2/h4-9,13H,3H2,1-2H3;3H2,1-2H3. The highest BCUT2D eigenvalue weighted by Crippen LogP contribution is 2.30. The molecule has 1 aromatic rings. The molecular formula is C15H23N. The molecule has 0 aliphatic heterocycles. The first-order valence-corrected chi connectivity index (χ1v) is 6.21. The molecule has 1 heteroatoms. The lowest BCUT2D eigenvalue weighted by Crippen LogP contribution is -2.05. The molecule has 1 aliphatic rings. The summed E-state index contributed by atoms with van der Waals surface area (Å²) < 4.78 is 0. The van der Waals surface area contributed by atoms with Crippen molar-refractivity contribution in [3.63, 3.8) is 0 Å². The van der Waals surface area contributed by atoms with Crippen LogP contribution in [0.5, 0.6) is 0 Å². The quantitative estimate of drug-likeness (QED) is 0.689. The average Bonchev–Trinajstić information content (AvgIpc) is 2.67. The molecule has 1 aliphatic carbocycles. The highest BCUT2D eigenvalue weighted by Gasteiger charge is 2.16. The average molecular weight is 217 g/mol. The highest BCUT2D eigenvalue weighted by atomic mass is 14.7. The van der Waals surface area contributed by atoms with Gasteiger partial charge in [-0.15, -0.1) is 0 Å². The van der Waals surface area contributed by atoms with Crippen LogP contribution >= 0.6 is 0 Å². The van der Waals surface area contributed by atoms with E-state index in [-0.39, 0.29) is 5.41 Å². The molecule has 88 valence electrons. The topological polar surface area (TPSA) is 15.8 Å². The molecule has 0 saturated heterocycles.